The molecule has 6 heteroatoms. The quantitative estimate of drug-likeness (QED) is 0.790. The summed E-state index contributed by atoms with van der Waals surface area (Å²) in [7, 11) is 0. The molecule has 20 heavy (non-hydrogen) atoms. The number of para-hydroxylation sites is 1. The normalized spacial score (nSPS) is 10.4. The number of hydrogen-bond donors (Lipinski definition) is 1. The molecular weight excluding hydrogens is 258 g/mol. The Morgan fingerprint density at radius 3 is 2.70 bits per heavy atom. The Hall–Kier alpha value is -2.89. The summed E-state index contributed by atoms with van der Waals surface area (Å²) < 4.78 is 10.4. The van der Waals surface area contributed by atoms with Crippen LogP contribution < -0.4 is 5.32 Å². The van der Waals surface area contributed by atoms with Crippen LogP contribution in [0.3, 0.4) is 0 Å². The lowest BCUT2D eigenvalue weighted by atomic mass is 10.1. The molecular formula is C14H11N3O3. The van der Waals surface area contributed by atoms with Gasteiger partial charge in [0.15, 0.2) is 5.76 Å². The second-order valence-electron chi connectivity index (χ2n) is 4.10. The Morgan fingerprint density at radius 2 is 2.00 bits per heavy atom. The maximum absolute atomic E-state index is 12.0. The zero-order valence-electron chi connectivity index (χ0n) is 10.7. The van der Waals surface area contributed by atoms with Gasteiger partial charge in [-0.2, -0.15) is 0 Å². The number of rotatable bonds is 3. The molecule has 2 heterocycles. The highest BCUT2D eigenvalue weighted by Crippen LogP contribution is 2.27. The maximum Gasteiger partial charge on any atom is 0.291 e. The van der Waals surface area contributed by atoms with Crippen molar-refractivity contribution >= 4 is 11.6 Å². The van der Waals surface area contributed by atoms with Crippen molar-refractivity contribution in [2.45, 2.75) is 6.92 Å². The van der Waals surface area contributed by atoms with E-state index in [9.17, 15) is 4.79 Å². The molecule has 0 saturated carbocycles. The summed E-state index contributed by atoms with van der Waals surface area (Å²) in [6.45, 7) is 1.71. The van der Waals surface area contributed by atoms with Crippen molar-refractivity contribution in [1.82, 2.24) is 10.2 Å². The van der Waals surface area contributed by atoms with E-state index in [1.54, 1.807) is 31.2 Å². The first kappa shape index (κ1) is 12.2. The SMILES string of the molecule is Cc1nnc(-c2ccccc2NC(=O)c2ccco2)o1. The number of benzene rings is 1. The van der Waals surface area contributed by atoms with Gasteiger partial charge in [-0.3, -0.25) is 4.79 Å². The number of anilines is 1. The molecule has 3 rings (SSSR count). The number of carbonyl (C=O) groups is 1. The fourth-order valence-corrected chi connectivity index (χ4v) is 1.78. The Kier molecular flexibility index (Phi) is 3.04. The van der Waals surface area contributed by atoms with Crippen molar-refractivity contribution in [3.63, 3.8) is 0 Å². The Bertz CT molecular complexity index is 732. The third-order valence-electron chi connectivity index (χ3n) is 2.68. The largest absolute Gasteiger partial charge is 0.459 e. The van der Waals surface area contributed by atoms with Gasteiger partial charge in [0, 0.05) is 6.92 Å². The Balaban J connectivity index is 1.92. The molecule has 2 aromatic heterocycles. The summed E-state index contributed by atoms with van der Waals surface area (Å²) in [5, 5.41) is 10.5. The minimum absolute atomic E-state index is 0.238. The van der Waals surface area contributed by atoms with E-state index in [0.717, 1.165) is 0 Å². The van der Waals surface area contributed by atoms with Crippen LogP contribution in [0.2, 0.25) is 0 Å². The average Bonchev–Trinajstić information content (AvgIpc) is 3.10. The van der Waals surface area contributed by atoms with E-state index >= 15 is 0 Å². The molecule has 3 aromatic rings. The van der Waals surface area contributed by atoms with E-state index in [1.165, 1.54) is 6.26 Å². The van der Waals surface area contributed by atoms with Crippen LogP contribution in [-0.4, -0.2) is 16.1 Å². The molecule has 0 unspecified atom stereocenters. The molecule has 0 aliphatic rings. The van der Waals surface area contributed by atoms with Crippen molar-refractivity contribution in [2.75, 3.05) is 5.32 Å². The number of nitrogens with one attached hydrogen (secondary N) is 1. The summed E-state index contributed by atoms with van der Waals surface area (Å²) in [6, 6.07) is 10.4. The summed E-state index contributed by atoms with van der Waals surface area (Å²) in [6.07, 6.45) is 1.45. The van der Waals surface area contributed by atoms with Crippen LogP contribution in [0.15, 0.2) is 51.5 Å². The van der Waals surface area contributed by atoms with Crippen LogP contribution in [0, 0.1) is 6.92 Å². The summed E-state index contributed by atoms with van der Waals surface area (Å²) >= 11 is 0. The van der Waals surface area contributed by atoms with Crippen LogP contribution >= 0.6 is 0 Å². The van der Waals surface area contributed by atoms with Crippen LogP contribution in [0.25, 0.3) is 11.5 Å². The maximum atomic E-state index is 12.0. The van der Waals surface area contributed by atoms with Gasteiger partial charge in [-0.25, -0.2) is 0 Å². The van der Waals surface area contributed by atoms with E-state index in [1.807, 2.05) is 12.1 Å². The fourth-order valence-electron chi connectivity index (χ4n) is 1.78. The van der Waals surface area contributed by atoms with Gasteiger partial charge in [0.05, 0.1) is 17.5 Å². The summed E-state index contributed by atoms with van der Waals surface area (Å²) in [5.41, 5.74) is 1.24. The molecule has 0 saturated heterocycles. The lowest BCUT2D eigenvalue weighted by Crippen LogP contribution is -2.11. The first-order chi connectivity index (χ1) is 9.74. The molecule has 1 aromatic carbocycles. The van der Waals surface area contributed by atoms with Crippen LogP contribution in [0.4, 0.5) is 5.69 Å². The molecule has 0 radical (unpaired) electrons. The minimum atomic E-state index is -0.335. The second-order valence-corrected chi connectivity index (χ2v) is 4.10. The Morgan fingerprint density at radius 1 is 1.15 bits per heavy atom. The predicted octanol–water partition coefficient (Wildman–Crippen LogP) is 2.89. The van der Waals surface area contributed by atoms with Gasteiger partial charge in [0.2, 0.25) is 11.8 Å². The van der Waals surface area contributed by atoms with Gasteiger partial charge < -0.3 is 14.2 Å². The highest BCUT2D eigenvalue weighted by Gasteiger charge is 2.15. The monoisotopic (exact) mass is 269 g/mol. The van der Waals surface area contributed by atoms with E-state index in [-0.39, 0.29) is 11.7 Å². The fraction of sp³-hybridized carbons (Fsp3) is 0.0714. The molecule has 100 valence electrons. The minimum Gasteiger partial charge on any atom is -0.459 e. The third-order valence-corrected chi connectivity index (χ3v) is 2.68. The average molecular weight is 269 g/mol. The van der Waals surface area contributed by atoms with E-state index in [4.69, 9.17) is 8.83 Å². The molecule has 1 amide bonds. The van der Waals surface area contributed by atoms with Gasteiger partial charge in [0.1, 0.15) is 0 Å². The van der Waals surface area contributed by atoms with Gasteiger partial charge in [-0.05, 0) is 24.3 Å². The van der Waals surface area contributed by atoms with Gasteiger partial charge in [-0.15, -0.1) is 10.2 Å². The highest BCUT2D eigenvalue weighted by molar-refractivity contribution is 6.04. The van der Waals surface area contributed by atoms with Gasteiger partial charge in [-0.1, -0.05) is 12.1 Å². The number of furan rings is 1. The third kappa shape index (κ3) is 2.31. The van der Waals surface area contributed by atoms with Gasteiger partial charge in [0.25, 0.3) is 5.91 Å². The zero-order chi connectivity index (χ0) is 13.9. The number of amides is 1. The topological polar surface area (TPSA) is 81.2 Å². The summed E-state index contributed by atoms with van der Waals surface area (Å²) in [4.78, 5) is 12.0. The highest BCUT2D eigenvalue weighted by atomic mass is 16.4. The van der Waals surface area contributed by atoms with Crippen LogP contribution in [0.5, 0.6) is 0 Å². The van der Waals surface area contributed by atoms with Gasteiger partial charge >= 0.3 is 0 Å². The number of aryl methyl sites for hydroxylation is 1. The van der Waals surface area contributed by atoms with E-state index in [2.05, 4.69) is 15.5 Å². The smallest absolute Gasteiger partial charge is 0.291 e. The standard InChI is InChI=1S/C14H11N3O3/c1-9-16-17-14(20-9)10-5-2-3-6-11(10)15-13(18)12-7-4-8-19-12/h2-8H,1H3,(H,15,18). The predicted molar refractivity (Wildman–Crippen MR) is 71.1 cm³/mol. The van der Waals surface area contributed by atoms with Crippen molar-refractivity contribution in [2.24, 2.45) is 0 Å². The van der Waals surface area contributed by atoms with E-state index < -0.39 is 0 Å². The lowest BCUT2D eigenvalue weighted by molar-refractivity contribution is 0.0996. The molecule has 0 atom stereocenters. The first-order valence-corrected chi connectivity index (χ1v) is 5.98. The molecule has 1 N–H and O–H groups in total. The van der Waals surface area contributed by atoms with E-state index in [0.29, 0.717) is 23.0 Å². The first-order valence-electron chi connectivity index (χ1n) is 5.98. The van der Waals surface area contributed by atoms with Crippen molar-refractivity contribution < 1.29 is 13.6 Å². The molecule has 0 fully saturated rings. The molecule has 0 bridgehead atoms. The van der Waals surface area contributed by atoms with Crippen molar-refractivity contribution in [3.8, 4) is 11.5 Å². The number of carbonyl (C=O) groups excluding carboxylic acids is 1. The summed E-state index contributed by atoms with van der Waals surface area (Å²) in [5.74, 6) is 0.727. The zero-order valence-corrected chi connectivity index (χ0v) is 10.7. The van der Waals surface area contributed by atoms with Crippen molar-refractivity contribution in [1.29, 1.82) is 0 Å². The van der Waals surface area contributed by atoms with Crippen LogP contribution in [0.1, 0.15) is 16.4 Å². The number of nitrogens with zero attached hydrogens (tertiary/aromatic N) is 2. The van der Waals surface area contributed by atoms with Crippen LogP contribution in [-0.2, 0) is 0 Å². The molecule has 0 aliphatic carbocycles. The molecule has 6 nitrogen and oxygen atoms in total. The lowest BCUT2D eigenvalue weighted by Gasteiger charge is -2.06. The second kappa shape index (κ2) is 5.00. The molecule has 0 aliphatic heterocycles. The molecule has 0 spiro atoms. The Labute approximate surface area is 114 Å². The number of aromatic nitrogens is 2. The van der Waals surface area contributed by atoms with Crippen molar-refractivity contribution in [3.05, 3.63) is 54.3 Å². The number of hydrogen-bond acceptors (Lipinski definition) is 5.